The molecule has 7 aromatic rings. The highest BCUT2D eigenvalue weighted by Gasteiger charge is 2.29. The highest BCUT2D eigenvalue weighted by molar-refractivity contribution is 6.13. The van der Waals surface area contributed by atoms with E-state index >= 15 is 0 Å². The van der Waals surface area contributed by atoms with Gasteiger partial charge in [0.1, 0.15) is 6.07 Å². The van der Waals surface area contributed by atoms with Crippen molar-refractivity contribution in [1.29, 1.82) is 5.26 Å². The van der Waals surface area contributed by atoms with Crippen LogP contribution < -0.4 is 5.73 Å². The van der Waals surface area contributed by atoms with E-state index in [2.05, 4.69) is 165 Å². The molecule has 2 atom stereocenters. The fourth-order valence-electron chi connectivity index (χ4n) is 8.42. The minimum atomic E-state index is -0.0396. The second kappa shape index (κ2) is 12.1. The van der Waals surface area contributed by atoms with Crippen LogP contribution >= 0.6 is 0 Å². The van der Waals surface area contributed by atoms with Gasteiger partial charge >= 0.3 is 0 Å². The average molecular weight is 641 g/mol. The third-order valence-electron chi connectivity index (χ3n) is 10.9. The summed E-state index contributed by atoms with van der Waals surface area (Å²) in [5.74, 6) is 0.0699. The van der Waals surface area contributed by atoms with E-state index in [-0.39, 0.29) is 11.8 Å². The Balaban J connectivity index is 1.10. The number of hydrogen-bond donors (Lipinski definition) is 1. The van der Waals surface area contributed by atoms with Crippen molar-refractivity contribution in [1.82, 2.24) is 0 Å². The Morgan fingerprint density at radius 3 is 2.28 bits per heavy atom. The molecule has 0 spiro atoms. The molecule has 2 unspecified atom stereocenters. The lowest BCUT2D eigenvalue weighted by molar-refractivity contribution is 0.647. The Morgan fingerprint density at radius 1 is 0.660 bits per heavy atom. The molecule has 0 radical (unpaired) electrons. The molecule has 238 valence electrons. The summed E-state index contributed by atoms with van der Waals surface area (Å²) >= 11 is 0. The summed E-state index contributed by atoms with van der Waals surface area (Å²) in [5, 5.41) is 18.2. The number of allylic oxidation sites excluding steroid dienone is 4. The number of nitrogens with zero attached hydrogens (tertiary/aromatic N) is 1. The Hall–Kier alpha value is -6.17. The van der Waals surface area contributed by atoms with E-state index in [0.717, 1.165) is 46.2 Å². The summed E-state index contributed by atoms with van der Waals surface area (Å²) in [6.45, 7) is 2.26. The second-order valence-electron chi connectivity index (χ2n) is 13.7. The van der Waals surface area contributed by atoms with E-state index in [1.165, 1.54) is 54.8 Å². The van der Waals surface area contributed by atoms with Crippen molar-refractivity contribution in [3.05, 3.63) is 179 Å². The zero-order valence-corrected chi connectivity index (χ0v) is 28.0. The van der Waals surface area contributed by atoms with E-state index in [1.54, 1.807) is 0 Å². The zero-order chi connectivity index (χ0) is 33.8. The number of nitriles is 1. The maximum atomic E-state index is 10.6. The van der Waals surface area contributed by atoms with Crippen LogP contribution in [0.3, 0.4) is 0 Å². The molecule has 0 amide bonds. The van der Waals surface area contributed by atoms with Gasteiger partial charge in [0.25, 0.3) is 0 Å². The van der Waals surface area contributed by atoms with E-state index in [4.69, 9.17) is 5.73 Å². The molecule has 0 saturated heterocycles. The quantitative estimate of drug-likeness (QED) is 0.195. The van der Waals surface area contributed by atoms with Gasteiger partial charge in [-0.2, -0.15) is 5.26 Å². The van der Waals surface area contributed by atoms with Crippen LogP contribution in [0.15, 0.2) is 151 Å². The Bertz CT molecular complexity index is 2650. The number of hydrogen-bond acceptors (Lipinski definition) is 2. The normalized spacial score (nSPS) is 17.0. The van der Waals surface area contributed by atoms with Crippen molar-refractivity contribution in [2.24, 2.45) is 11.7 Å². The summed E-state index contributed by atoms with van der Waals surface area (Å²) in [4.78, 5) is 0. The second-order valence-corrected chi connectivity index (χ2v) is 13.7. The summed E-state index contributed by atoms with van der Waals surface area (Å²) in [7, 11) is 0. The molecule has 0 aromatic heterocycles. The molecular weight excluding hydrogens is 605 g/mol. The van der Waals surface area contributed by atoms with Crippen LogP contribution in [0, 0.1) is 17.2 Å². The number of rotatable bonds is 4. The van der Waals surface area contributed by atoms with Gasteiger partial charge in [-0.3, -0.25) is 0 Å². The molecule has 2 N–H and O–H groups in total. The molecule has 0 fully saturated rings. The molecule has 0 bridgehead atoms. The first kappa shape index (κ1) is 29.9. The van der Waals surface area contributed by atoms with Gasteiger partial charge in [0.05, 0.1) is 5.56 Å². The molecule has 9 rings (SSSR count). The minimum absolute atomic E-state index is 0.0396. The first-order valence-electron chi connectivity index (χ1n) is 17.5. The van der Waals surface area contributed by atoms with E-state index in [9.17, 15) is 5.26 Å². The van der Waals surface area contributed by atoms with Crippen LogP contribution in [0.4, 0.5) is 0 Å². The highest BCUT2D eigenvalue weighted by atomic mass is 14.6. The largest absolute Gasteiger partial charge is 0.399 e. The van der Waals surface area contributed by atoms with Gasteiger partial charge in [-0.25, -0.2) is 0 Å². The van der Waals surface area contributed by atoms with Gasteiger partial charge in [0.15, 0.2) is 0 Å². The molecule has 0 heterocycles. The zero-order valence-electron chi connectivity index (χ0n) is 28.0. The molecule has 2 aliphatic rings. The fraction of sp³-hybridized carbons (Fsp3) is 0.104. The number of fused-ring (bicyclic) bond motifs is 7. The summed E-state index contributed by atoms with van der Waals surface area (Å²) in [6, 6.07) is 48.3. The third kappa shape index (κ3) is 4.94. The molecule has 2 nitrogen and oxygen atoms in total. The lowest BCUT2D eigenvalue weighted by Crippen LogP contribution is -2.18. The lowest BCUT2D eigenvalue weighted by atomic mass is 9.74. The average Bonchev–Trinajstić information content (AvgIpc) is 3.18. The van der Waals surface area contributed by atoms with Crippen LogP contribution in [0.5, 0.6) is 0 Å². The Morgan fingerprint density at radius 2 is 1.40 bits per heavy atom. The fourth-order valence-corrected chi connectivity index (χ4v) is 8.42. The van der Waals surface area contributed by atoms with Crippen molar-refractivity contribution in [2.75, 3.05) is 0 Å². The van der Waals surface area contributed by atoms with Gasteiger partial charge < -0.3 is 5.73 Å². The van der Waals surface area contributed by atoms with Crippen molar-refractivity contribution < 1.29 is 0 Å². The van der Waals surface area contributed by atoms with Crippen molar-refractivity contribution in [2.45, 2.75) is 25.7 Å². The molecule has 2 heteroatoms. The number of aryl methyl sites for hydroxylation is 1. The van der Waals surface area contributed by atoms with Crippen LogP contribution in [0.25, 0.3) is 66.2 Å². The first-order valence-corrected chi connectivity index (χ1v) is 17.5. The van der Waals surface area contributed by atoms with Crippen LogP contribution in [0.1, 0.15) is 47.1 Å². The van der Waals surface area contributed by atoms with E-state index < -0.39 is 0 Å². The molecule has 50 heavy (non-hydrogen) atoms. The molecular formula is C48H36N2. The molecule has 7 aromatic carbocycles. The lowest BCUT2D eigenvalue weighted by Gasteiger charge is -2.30. The highest BCUT2D eigenvalue weighted by Crippen LogP contribution is 2.44. The first-order chi connectivity index (χ1) is 24.6. The SMILES string of the molecule is CC1C(c2cccc(-c3ccc4c(c3)c3c(c5ccccc54)C=CCC3)c2)=CC(N)=CC1c1cccc(-c2ccc3ccccc3c2)c1C#N. The van der Waals surface area contributed by atoms with Crippen molar-refractivity contribution in [3.63, 3.8) is 0 Å². The summed E-state index contributed by atoms with van der Waals surface area (Å²) in [6.07, 6.45) is 11.0. The smallest absolute Gasteiger partial charge is 0.100 e. The van der Waals surface area contributed by atoms with Gasteiger partial charge in [-0.15, -0.1) is 0 Å². The molecule has 0 aliphatic heterocycles. The Labute approximate surface area is 293 Å². The van der Waals surface area contributed by atoms with Crippen LogP contribution in [-0.4, -0.2) is 0 Å². The minimum Gasteiger partial charge on any atom is -0.399 e. The molecule has 0 saturated carbocycles. The topological polar surface area (TPSA) is 49.8 Å². The maximum Gasteiger partial charge on any atom is 0.100 e. The van der Waals surface area contributed by atoms with Gasteiger partial charge in [0, 0.05) is 11.6 Å². The Kier molecular flexibility index (Phi) is 7.22. The summed E-state index contributed by atoms with van der Waals surface area (Å²) < 4.78 is 0. The summed E-state index contributed by atoms with van der Waals surface area (Å²) in [5.41, 5.74) is 18.7. The van der Waals surface area contributed by atoms with Crippen LogP contribution in [0.2, 0.25) is 0 Å². The van der Waals surface area contributed by atoms with Crippen molar-refractivity contribution >= 4 is 44.0 Å². The van der Waals surface area contributed by atoms with Crippen LogP contribution in [-0.2, 0) is 6.42 Å². The van der Waals surface area contributed by atoms with Gasteiger partial charge in [-0.05, 0) is 125 Å². The maximum absolute atomic E-state index is 10.6. The predicted molar refractivity (Wildman–Crippen MR) is 210 cm³/mol. The van der Waals surface area contributed by atoms with Gasteiger partial charge in [-0.1, -0.05) is 134 Å². The third-order valence-corrected chi connectivity index (χ3v) is 10.9. The number of nitrogens with two attached hydrogens (primary N) is 1. The molecule has 2 aliphatic carbocycles. The van der Waals surface area contributed by atoms with E-state index in [1.807, 2.05) is 0 Å². The monoisotopic (exact) mass is 640 g/mol. The van der Waals surface area contributed by atoms with Crippen molar-refractivity contribution in [3.8, 4) is 28.3 Å². The van der Waals surface area contributed by atoms with Gasteiger partial charge in [0.2, 0.25) is 0 Å². The van der Waals surface area contributed by atoms with E-state index in [0.29, 0.717) is 5.56 Å². The standard InChI is InChI=1S/C48H36N2/c1-30-45(27-37(50)28-46(30)43-19-9-18-38(48(43)29-49)36-21-20-31-10-2-3-11-32(31)24-36)35-13-8-12-33(25-35)34-22-23-44-41-16-5-4-14-39(41)40-15-6-7-17-42(40)47(44)26-34/h2-6,8-16,18-28,30,46H,7,17,50H2,1H3. The predicted octanol–water partition coefficient (Wildman–Crippen LogP) is 12.0. The number of benzene rings is 7.